The fourth-order valence-electron chi connectivity index (χ4n) is 4.22. The number of nitrogens with one attached hydrogen (secondary N) is 2. The maximum absolute atomic E-state index is 12.9. The van der Waals surface area contributed by atoms with Crippen molar-refractivity contribution in [3.8, 4) is 0 Å². The summed E-state index contributed by atoms with van der Waals surface area (Å²) >= 11 is 0. The summed E-state index contributed by atoms with van der Waals surface area (Å²) in [6.45, 7) is 1.95. The van der Waals surface area contributed by atoms with E-state index in [1.54, 1.807) is 17.8 Å². The highest BCUT2D eigenvalue weighted by molar-refractivity contribution is 5.98. The van der Waals surface area contributed by atoms with E-state index >= 15 is 0 Å². The minimum absolute atomic E-state index is 0.111. The first-order chi connectivity index (χ1) is 13.0. The second kappa shape index (κ2) is 6.81. The van der Waals surface area contributed by atoms with Gasteiger partial charge in [-0.15, -0.1) is 0 Å². The Morgan fingerprint density at radius 3 is 2.48 bits per heavy atom. The zero-order valence-electron chi connectivity index (χ0n) is 15.4. The van der Waals surface area contributed by atoms with E-state index < -0.39 is 0 Å². The highest BCUT2D eigenvalue weighted by Crippen LogP contribution is 2.52. The van der Waals surface area contributed by atoms with Crippen LogP contribution in [0.15, 0.2) is 36.4 Å². The van der Waals surface area contributed by atoms with Gasteiger partial charge in [0, 0.05) is 19.2 Å². The van der Waals surface area contributed by atoms with E-state index in [1.165, 1.54) is 0 Å². The third-order valence-corrected chi connectivity index (χ3v) is 5.79. The summed E-state index contributed by atoms with van der Waals surface area (Å²) in [6.07, 6.45) is 1.26. The molecular formula is C20H24N4O3. The van der Waals surface area contributed by atoms with Gasteiger partial charge in [-0.2, -0.15) is 5.10 Å². The number of hydrogen-bond acceptors (Lipinski definition) is 4. The first-order valence-electron chi connectivity index (χ1n) is 9.35. The number of amides is 2. The molecule has 2 aliphatic rings. The highest BCUT2D eigenvalue weighted by Gasteiger charge is 2.56. The Balaban J connectivity index is 1.59. The zero-order valence-corrected chi connectivity index (χ0v) is 15.4. The molecule has 27 heavy (non-hydrogen) atoms. The summed E-state index contributed by atoms with van der Waals surface area (Å²) in [4.78, 5) is 25.0. The van der Waals surface area contributed by atoms with Crippen LogP contribution in [-0.4, -0.2) is 45.9 Å². The minimum atomic E-state index is -0.325. The molecule has 2 saturated carbocycles. The van der Waals surface area contributed by atoms with Crippen LogP contribution >= 0.6 is 0 Å². The number of rotatable bonds is 5. The van der Waals surface area contributed by atoms with Crippen LogP contribution in [0.1, 0.15) is 52.3 Å². The summed E-state index contributed by atoms with van der Waals surface area (Å²) in [5.74, 6) is 0.180. The van der Waals surface area contributed by atoms with Crippen LogP contribution < -0.4 is 10.6 Å². The second-order valence-electron chi connectivity index (χ2n) is 7.48. The normalized spacial score (nSPS) is 26.9. The van der Waals surface area contributed by atoms with Crippen LogP contribution in [0.4, 0.5) is 0 Å². The molecule has 7 heteroatoms. The number of aromatic nitrogens is 2. The molecule has 0 radical (unpaired) electrons. The van der Waals surface area contributed by atoms with Gasteiger partial charge in [-0.25, -0.2) is 0 Å². The number of nitrogens with zero attached hydrogens (tertiary/aromatic N) is 2. The molecule has 0 saturated heterocycles. The number of fused-ring (bicyclic) bond motifs is 1. The maximum Gasteiger partial charge on any atom is 0.271 e. The molecule has 1 heterocycles. The summed E-state index contributed by atoms with van der Waals surface area (Å²) < 4.78 is 1.61. The number of benzene rings is 1. The second-order valence-corrected chi connectivity index (χ2v) is 7.48. The van der Waals surface area contributed by atoms with Crippen molar-refractivity contribution in [1.82, 2.24) is 20.4 Å². The Hall–Kier alpha value is -2.67. The summed E-state index contributed by atoms with van der Waals surface area (Å²) in [5, 5.41) is 19.7. The van der Waals surface area contributed by atoms with Gasteiger partial charge in [-0.05, 0) is 37.2 Å². The number of carbonyl (C=O) groups excluding carboxylic acids is 2. The molecule has 2 amide bonds. The monoisotopic (exact) mass is 368 g/mol. The van der Waals surface area contributed by atoms with Gasteiger partial charge < -0.3 is 15.7 Å². The van der Waals surface area contributed by atoms with Crippen molar-refractivity contribution in [3.05, 3.63) is 53.3 Å². The van der Waals surface area contributed by atoms with Gasteiger partial charge in [-0.1, -0.05) is 30.3 Å². The Morgan fingerprint density at radius 1 is 1.19 bits per heavy atom. The average molecular weight is 368 g/mol. The lowest BCUT2D eigenvalue weighted by atomic mass is 10.1. The lowest BCUT2D eigenvalue weighted by Crippen LogP contribution is -2.32. The molecule has 4 rings (SSSR count). The van der Waals surface area contributed by atoms with Crippen molar-refractivity contribution in [2.45, 2.75) is 38.0 Å². The quantitative estimate of drug-likeness (QED) is 0.742. The topological polar surface area (TPSA) is 96.3 Å². The fraction of sp³-hybridized carbons (Fsp3) is 0.450. The van der Waals surface area contributed by atoms with Crippen molar-refractivity contribution in [2.24, 2.45) is 11.8 Å². The van der Waals surface area contributed by atoms with Crippen molar-refractivity contribution >= 4 is 11.8 Å². The molecule has 0 spiro atoms. The molecular weight excluding hydrogens is 344 g/mol. The van der Waals surface area contributed by atoms with Crippen molar-refractivity contribution in [2.75, 3.05) is 7.05 Å². The van der Waals surface area contributed by atoms with Gasteiger partial charge in [0.25, 0.3) is 11.8 Å². The maximum atomic E-state index is 12.9. The molecule has 1 aromatic carbocycles. The minimum Gasteiger partial charge on any atom is -0.393 e. The van der Waals surface area contributed by atoms with Gasteiger partial charge in [0.15, 0.2) is 5.69 Å². The smallest absolute Gasteiger partial charge is 0.271 e. The van der Waals surface area contributed by atoms with Crippen LogP contribution in [-0.2, 0) is 0 Å². The number of hydrogen-bond donors (Lipinski definition) is 3. The third-order valence-electron chi connectivity index (χ3n) is 5.79. The van der Waals surface area contributed by atoms with Crippen LogP contribution in [0.5, 0.6) is 0 Å². The third kappa shape index (κ3) is 3.23. The zero-order chi connectivity index (χ0) is 19.1. The molecule has 0 aliphatic heterocycles. The van der Waals surface area contributed by atoms with Gasteiger partial charge in [0.1, 0.15) is 5.69 Å². The van der Waals surface area contributed by atoms with E-state index in [2.05, 4.69) is 15.7 Å². The highest BCUT2D eigenvalue weighted by atomic mass is 16.3. The first kappa shape index (κ1) is 17.7. The Morgan fingerprint density at radius 2 is 1.85 bits per heavy atom. The molecule has 3 N–H and O–H groups in total. The molecule has 2 aliphatic carbocycles. The van der Waals surface area contributed by atoms with E-state index in [1.807, 2.05) is 37.3 Å². The Bertz CT molecular complexity index is 851. The van der Waals surface area contributed by atoms with Crippen LogP contribution in [0, 0.1) is 11.8 Å². The lowest BCUT2D eigenvalue weighted by molar-refractivity contribution is 0.0923. The lowest BCUT2D eigenvalue weighted by Gasteiger charge is -2.16. The molecule has 5 atom stereocenters. The van der Waals surface area contributed by atoms with E-state index in [9.17, 15) is 14.7 Å². The van der Waals surface area contributed by atoms with Crippen molar-refractivity contribution in [3.63, 3.8) is 0 Å². The molecule has 2 fully saturated rings. The average Bonchev–Trinajstić information content (AvgIpc) is 3.07. The van der Waals surface area contributed by atoms with Crippen LogP contribution in [0.25, 0.3) is 0 Å². The Labute approximate surface area is 157 Å². The fourth-order valence-corrected chi connectivity index (χ4v) is 4.22. The molecule has 0 bridgehead atoms. The van der Waals surface area contributed by atoms with Gasteiger partial charge in [-0.3, -0.25) is 14.3 Å². The number of carbonyl (C=O) groups is 2. The molecule has 0 unspecified atom stereocenters. The molecule has 142 valence electrons. The standard InChI is InChI=1S/C20H24N4O3/c1-11(12-6-4-3-5-7-12)24-17(10-16(23-24)19(26)21-2)20(27)22-18-14-8-13(25)9-15(14)18/h3-7,10-11,13-15,18,25H,8-9H2,1-2H3,(H,21,26)(H,22,27)/t11-,13-,14-,15+,18-/m0/s1. The summed E-state index contributed by atoms with van der Waals surface area (Å²) in [5.41, 5.74) is 1.59. The first-order valence-corrected chi connectivity index (χ1v) is 9.35. The van der Waals surface area contributed by atoms with Crippen LogP contribution in [0.3, 0.4) is 0 Å². The van der Waals surface area contributed by atoms with Crippen LogP contribution in [0.2, 0.25) is 0 Å². The predicted octanol–water partition coefficient (Wildman–Crippen LogP) is 1.35. The predicted molar refractivity (Wildman–Crippen MR) is 99.3 cm³/mol. The number of aliphatic hydroxyl groups excluding tert-OH is 1. The van der Waals surface area contributed by atoms with Gasteiger partial charge >= 0.3 is 0 Å². The van der Waals surface area contributed by atoms with Crippen molar-refractivity contribution < 1.29 is 14.7 Å². The van der Waals surface area contributed by atoms with Gasteiger partial charge in [0.2, 0.25) is 0 Å². The number of aliphatic hydroxyl groups is 1. The van der Waals surface area contributed by atoms with Crippen molar-refractivity contribution in [1.29, 1.82) is 0 Å². The molecule has 1 aromatic heterocycles. The van der Waals surface area contributed by atoms with E-state index in [4.69, 9.17) is 0 Å². The molecule has 7 nitrogen and oxygen atoms in total. The van der Waals surface area contributed by atoms with E-state index in [0.717, 1.165) is 18.4 Å². The van der Waals surface area contributed by atoms with E-state index in [-0.39, 0.29) is 35.7 Å². The largest absolute Gasteiger partial charge is 0.393 e. The molecule has 2 aromatic rings. The summed E-state index contributed by atoms with van der Waals surface area (Å²) in [7, 11) is 1.54. The van der Waals surface area contributed by atoms with Gasteiger partial charge in [0.05, 0.1) is 12.1 Å². The Kier molecular flexibility index (Phi) is 4.47. The SMILES string of the molecule is CNC(=O)c1cc(C(=O)N[C@@H]2[C@@H]3C[C@@H](O)C[C@@H]32)n([C@@H](C)c2ccccc2)n1. The summed E-state index contributed by atoms with van der Waals surface area (Å²) in [6, 6.07) is 11.2. The van der Waals surface area contributed by atoms with E-state index in [0.29, 0.717) is 17.5 Å².